The van der Waals surface area contributed by atoms with E-state index in [1.165, 1.54) is 12.3 Å². The smallest absolute Gasteiger partial charge is 0.349 e. The number of nitrogens with zero attached hydrogens (tertiary/aromatic N) is 4. The van der Waals surface area contributed by atoms with Gasteiger partial charge in [0.25, 0.3) is 11.5 Å². The highest BCUT2D eigenvalue weighted by Gasteiger charge is 2.32. The maximum Gasteiger partial charge on any atom is 0.433 e. The van der Waals surface area contributed by atoms with Crippen LogP contribution in [0.15, 0.2) is 47.7 Å². The van der Waals surface area contributed by atoms with Gasteiger partial charge in [0.1, 0.15) is 17.1 Å². The minimum Gasteiger partial charge on any atom is -0.349 e. The summed E-state index contributed by atoms with van der Waals surface area (Å²) in [5.41, 5.74) is -2.15. The lowest BCUT2D eigenvalue weighted by Gasteiger charge is -2.21. The average molecular weight is 463 g/mol. The Bertz CT molecular complexity index is 1210. The summed E-state index contributed by atoms with van der Waals surface area (Å²) in [6.07, 6.45) is -0.965. The fraction of sp³-hybridized carbons (Fsp3) is 0.318. The van der Waals surface area contributed by atoms with Crippen LogP contribution in [-0.4, -0.2) is 31.7 Å². The monoisotopic (exact) mass is 463 g/mol. The molecule has 1 atom stereocenters. The third-order valence-corrected chi connectivity index (χ3v) is 5.00. The van der Waals surface area contributed by atoms with Gasteiger partial charge in [0.2, 0.25) is 0 Å². The van der Waals surface area contributed by atoms with Crippen molar-refractivity contribution in [3.8, 4) is 16.9 Å². The molecule has 3 rings (SSSR count). The number of nitrogens with one attached hydrogen (secondary N) is 1. The van der Waals surface area contributed by atoms with Crippen LogP contribution in [0.4, 0.5) is 17.6 Å². The largest absolute Gasteiger partial charge is 0.433 e. The number of rotatable bonds is 6. The highest BCUT2D eigenvalue weighted by atomic mass is 19.4. The minimum absolute atomic E-state index is 0.00262. The van der Waals surface area contributed by atoms with Crippen molar-refractivity contribution in [1.82, 2.24) is 25.1 Å². The van der Waals surface area contributed by atoms with Crippen LogP contribution in [0.1, 0.15) is 43.2 Å². The zero-order chi connectivity index (χ0) is 24.3. The molecular formula is C22H21F4N5O2. The minimum atomic E-state index is -4.63. The molecule has 0 fully saturated rings. The van der Waals surface area contributed by atoms with Crippen LogP contribution in [-0.2, 0) is 6.18 Å². The van der Waals surface area contributed by atoms with Crippen molar-refractivity contribution >= 4 is 5.91 Å². The number of amides is 1. The molecule has 0 aliphatic heterocycles. The van der Waals surface area contributed by atoms with Crippen molar-refractivity contribution in [3.05, 3.63) is 70.3 Å². The van der Waals surface area contributed by atoms with Gasteiger partial charge in [-0.1, -0.05) is 20.8 Å². The molecule has 3 heterocycles. The van der Waals surface area contributed by atoms with Crippen molar-refractivity contribution in [3.63, 3.8) is 0 Å². The van der Waals surface area contributed by atoms with E-state index < -0.39 is 29.2 Å². The van der Waals surface area contributed by atoms with Gasteiger partial charge in [-0.25, -0.2) is 4.39 Å². The number of aromatic nitrogens is 4. The van der Waals surface area contributed by atoms with Crippen LogP contribution in [0.3, 0.4) is 0 Å². The van der Waals surface area contributed by atoms with E-state index in [1.54, 1.807) is 0 Å². The highest BCUT2D eigenvalue weighted by molar-refractivity contribution is 5.95. The first kappa shape index (κ1) is 24.0. The Morgan fingerprint density at radius 3 is 2.42 bits per heavy atom. The van der Waals surface area contributed by atoms with Crippen LogP contribution in [0.25, 0.3) is 16.9 Å². The van der Waals surface area contributed by atoms with E-state index in [2.05, 4.69) is 20.4 Å². The highest BCUT2D eigenvalue weighted by Crippen LogP contribution is 2.28. The number of carbonyl (C=O) groups excluding carboxylic acids is 1. The normalized spacial score (nSPS) is 12.6. The lowest BCUT2D eigenvalue weighted by Crippen LogP contribution is -2.41. The quantitative estimate of drug-likeness (QED) is 0.558. The summed E-state index contributed by atoms with van der Waals surface area (Å²) in [7, 11) is 0. The molecule has 33 heavy (non-hydrogen) atoms. The van der Waals surface area contributed by atoms with E-state index >= 15 is 0 Å². The average Bonchev–Trinajstić information content (AvgIpc) is 2.76. The van der Waals surface area contributed by atoms with Crippen molar-refractivity contribution in [2.75, 3.05) is 0 Å². The molecule has 1 N–H and O–H groups in total. The maximum atomic E-state index is 13.7. The molecule has 3 aromatic rings. The first-order valence-corrected chi connectivity index (χ1v) is 10.1. The molecule has 3 aromatic heterocycles. The van der Waals surface area contributed by atoms with Crippen LogP contribution < -0.4 is 10.9 Å². The van der Waals surface area contributed by atoms with E-state index in [-0.39, 0.29) is 34.5 Å². The van der Waals surface area contributed by atoms with Crippen LogP contribution >= 0.6 is 0 Å². The molecule has 0 spiro atoms. The third-order valence-electron chi connectivity index (χ3n) is 5.00. The molecule has 0 aromatic carbocycles. The van der Waals surface area contributed by atoms with Gasteiger partial charge in [-0.2, -0.15) is 23.0 Å². The van der Waals surface area contributed by atoms with Crippen LogP contribution in [0.5, 0.6) is 0 Å². The zero-order valence-electron chi connectivity index (χ0n) is 18.0. The standard InChI is InChI=1S/C22H21F4N5O2/c1-4-17(12(2)3)29-20(32)16-8-18(13-5-6-19(28-9-13)22(24,25)26)30-31(21(16)33)15-7-14(23)10-27-11-15/h5-12,17H,4H2,1-3H3,(H,29,32)/t17-/m1/s1. The second-order valence-electron chi connectivity index (χ2n) is 7.68. The second-order valence-corrected chi connectivity index (χ2v) is 7.68. The lowest BCUT2D eigenvalue weighted by atomic mass is 10.0. The van der Waals surface area contributed by atoms with Crippen molar-refractivity contribution in [2.45, 2.75) is 39.4 Å². The van der Waals surface area contributed by atoms with Crippen molar-refractivity contribution < 1.29 is 22.4 Å². The third kappa shape index (κ3) is 5.41. The van der Waals surface area contributed by atoms with Crippen LogP contribution in [0.2, 0.25) is 0 Å². The predicted molar refractivity (Wildman–Crippen MR) is 112 cm³/mol. The van der Waals surface area contributed by atoms with Gasteiger partial charge in [0.05, 0.1) is 23.8 Å². The Morgan fingerprint density at radius 1 is 1.15 bits per heavy atom. The van der Waals surface area contributed by atoms with E-state index in [1.807, 2.05) is 20.8 Å². The van der Waals surface area contributed by atoms with E-state index in [4.69, 9.17) is 0 Å². The summed E-state index contributed by atoms with van der Waals surface area (Å²) in [5.74, 6) is -1.32. The molecule has 0 aliphatic carbocycles. The summed E-state index contributed by atoms with van der Waals surface area (Å²) in [5, 5.41) is 6.91. The Morgan fingerprint density at radius 2 is 1.88 bits per heavy atom. The lowest BCUT2D eigenvalue weighted by molar-refractivity contribution is -0.141. The van der Waals surface area contributed by atoms with Gasteiger partial charge >= 0.3 is 6.18 Å². The van der Waals surface area contributed by atoms with Gasteiger partial charge in [-0.05, 0) is 30.5 Å². The first-order valence-electron chi connectivity index (χ1n) is 10.1. The van der Waals surface area contributed by atoms with Gasteiger partial charge in [0.15, 0.2) is 0 Å². The number of hydrogen-bond donors (Lipinski definition) is 1. The molecule has 11 heteroatoms. The number of alkyl halides is 3. The molecule has 0 unspecified atom stereocenters. The van der Waals surface area contributed by atoms with Crippen molar-refractivity contribution in [1.29, 1.82) is 0 Å². The fourth-order valence-electron chi connectivity index (χ4n) is 3.19. The van der Waals surface area contributed by atoms with Gasteiger partial charge in [0, 0.05) is 23.9 Å². The Balaban J connectivity index is 2.16. The second kappa shape index (κ2) is 9.47. The first-order chi connectivity index (χ1) is 15.5. The summed E-state index contributed by atoms with van der Waals surface area (Å²) < 4.78 is 53.1. The number of hydrogen-bond acceptors (Lipinski definition) is 5. The number of halogens is 4. The van der Waals surface area contributed by atoms with Gasteiger partial charge in [-0.15, -0.1) is 0 Å². The Hall–Kier alpha value is -3.63. The Labute approximate surface area is 186 Å². The summed E-state index contributed by atoms with van der Waals surface area (Å²) in [4.78, 5) is 33.1. The number of carbonyl (C=O) groups is 1. The maximum absolute atomic E-state index is 13.7. The van der Waals surface area contributed by atoms with Gasteiger partial charge in [-0.3, -0.25) is 19.6 Å². The topological polar surface area (TPSA) is 89.8 Å². The van der Waals surface area contributed by atoms with Crippen LogP contribution in [0, 0.1) is 11.7 Å². The summed E-state index contributed by atoms with van der Waals surface area (Å²) in [6.45, 7) is 5.71. The van der Waals surface area contributed by atoms with E-state index in [0.717, 1.165) is 35.3 Å². The zero-order valence-corrected chi connectivity index (χ0v) is 18.0. The van der Waals surface area contributed by atoms with Gasteiger partial charge < -0.3 is 5.32 Å². The Kier molecular flexibility index (Phi) is 6.89. The predicted octanol–water partition coefficient (Wildman–Crippen LogP) is 4.01. The molecule has 0 bridgehead atoms. The molecular weight excluding hydrogens is 442 g/mol. The molecule has 0 radical (unpaired) electrons. The SMILES string of the molecule is CC[C@@H](NC(=O)c1cc(-c2ccc(C(F)(F)F)nc2)nn(-c2cncc(F)c2)c1=O)C(C)C. The molecule has 7 nitrogen and oxygen atoms in total. The van der Waals surface area contributed by atoms with E-state index in [0.29, 0.717) is 6.42 Å². The molecule has 0 aliphatic rings. The molecule has 174 valence electrons. The summed E-state index contributed by atoms with van der Waals surface area (Å²) >= 11 is 0. The molecule has 0 saturated carbocycles. The molecule has 1 amide bonds. The van der Waals surface area contributed by atoms with E-state index in [9.17, 15) is 27.2 Å². The van der Waals surface area contributed by atoms with Crippen molar-refractivity contribution in [2.24, 2.45) is 5.92 Å². The summed E-state index contributed by atoms with van der Waals surface area (Å²) in [6, 6.07) is 3.85. The fourth-order valence-corrected chi connectivity index (χ4v) is 3.19. The molecule has 0 saturated heterocycles. The number of pyridine rings is 2.